The molecule has 1 aliphatic rings. The number of aliphatic hydroxyl groups is 1. The number of benzene rings is 1. The van der Waals surface area contributed by atoms with Crippen LogP contribution in [0.15, 0.2) is 30.3 Å². The molecule has 2 N–H and O–H groups in total. The molecule has 0 amide bonds. The van der Waals surface area contributed by atoms with E-state index in [0.717, 1.165) is 31.6 Å². The van der Waals surface area contributed by atoms with Crippen molar-refractivity contribution in [3.8, 4) is 0 Å². The largest absolute Gasteiger partial charge is 0.385 e. The van der Waals surface area contributed by atoms with Crippen molar-refractivity contribution in [2.45, 2.75) is 58.0 Å². The van der Waals surface area contributed by atoms with Crippen LogP contribution in [0, 0.1) is 5.92 Å². The highest BCUT2D eigenvalue weighted by Gasteiger charge is 2.39. The molecule has 0 unspecified atom stereocenters. The molecule has 0 bridgehead atoms. The average molecular weight is 290 g/mol. The molecule has 2 nitrogen and oxygen atoms in total. The van der Waals surface area contributed by atoms with Gasteiger partial charge in [-0.2, -0.15) is 0 Å². The van der Waals surface area contributed by atoms with Crippen molar-refractivity contribution in [2.75, 3.05) is 19.6 Å². The number of rotatable bonds is 7. The van der Waals surface area contributed by atoms with Crippen LogP contribution >= 0.6 is 0 Å². The Morgan fingerprint density at radius 2 is 1.67 bits per heavy atom. The number of nitrogens with one attached hydrogen (secondary N) is 1. The molecule has 118 valence electrons. The first-order chi connectivity index (χ1) is 10.2. The fraction of sp³-hybridized carbons (Fsp3) is 0.684. The van der Waals surface area contributed by atoms with Gasteiger partial charge in [-0.25, -0.2) is 0 Å². The van der Waals surface area contributed by atoms with Gasteiger partial charge in [-0.3, -0.25) is 0 Å². The van der Waals surface area contributed by atoms with E-state index in [0.29, 0.717) is 5.92 Å². The average Bonchev–Trinajstić information content (AvgIpc) is 2.57. The lowest BCUT2D eigenvalue weighted by atomic mass is 9.71. The summed E-state index contributed by atoms with van der Waals surface area (Å²) in [5.41, 5.74) is 0.500. The number of hydrogen-bond acceptors (Lipinski definition) is 1. The second-order valence-corrected chi connectivity index (χ2v) is 6.58. The van der Waals surface area contributed by atoms with Crippen molar-refractivity contribution < 1.29 is 10.0 Å². The second-order valence-electron chi connectivity index (χ2n) is 6.58. The van der Waals surface area contributed by atoms with Crippen LogP contribution in [0.2, 0.25) is 0 Å². The van der Waals surface area contributed by atoms with Gasteiger partial charge in [0.1, 0.15) is 0 Å². The highest BCUT2D eigenvalue weighted by Crippen LogP contribution is 2.41. The van der Waals surface area contributed by atoms with Crippen molar-refractivity contribution >= 4 is 0 Å². The maximum Gasteiger partial charge on any atom is 0.0978 e. The molecule has 0 spiro atoms. The molecule has 1 atom stereocenters. The van der Waals surface area contributed by atoms with Crippen molar-refractivity contribution in [3.63, 3.8) is 0 Å². The Morgan fingerprint density at radius 1 is 1.05 bits per heavy atom. The normalized spacial score (nSPS) is 19.6. The second kappa shape index (κ2) is 7.95. The molecule has 2 rings (SSSR count). The first-order valence-corrected chi connectivity index (χ1v) is 8.82. The minimum atomic E-state index is -0.628. The van der Waals surface area contributed by atoms with E-state index in [2.05, 4.69) is 38.1 Å². The fourth-order valence-electron chi connectivity index (χ4n) is 3.86. The minimum Gasteiger partial charge on any atom is -0.385 e. The molecule has 0 aromatic heterocycles. The van der Waals surface area contributed by atoms with Gasteiger partial charge in [-0.15, -0.1) is 0 Å². The van der Waals surface area contributed by atoms with E-state index in [9.17, 15) is 5.11 Å². The van der Waals surface area contributed by atoms with Gasteiger partial charge in [0.25, 0.3) is 0 Å². The van der Waals surface area contributed by atoms with Crippen molar-refractivity contribution in [3.05, 3.63) is 35.9 Å². The monoisotopic (exact) mass is 290 g/mol. The molecule has 0 radical (unpaired) electrons. The zero-order valence-corrected chi connectivity index (χ0v) is 13.8. The summed E-state index contributed by atoms with van der Waals surface area (Å²) in [7, 11) is 0. The zero-order valence-electron chi connectivity index (χ0n) is 13.8. The smallest absolute Gasteiger partial charge is 0.0978 e. The molecule has 1 aliphatic carbocycles. The summed E-state index contributed by atoms with van der Waals surface area (Å²) in [5.74, 6) is 0.434. The van der Waals surface area contributed by atoms with Gasteiger partial charge < -0.3 is 10.0 Å². The predicted octanol–water partition coefficient (Wildman–Crippen LogP) is 2.77. The van der Waals surface area contributed by atoms with E-state index < -0.39 is 5.60 Å². The molecular weight excluding hydrogens is 258 g/mol. The van der Waals surface area contributed by atoms with Crippen molar-refractivity contribution in [1.29, 1.82) is 0 Å². The van der Waals surface area contributed by atoms with Gasteiger partial charge in [0.05, 0.1) is 25.2 Å². The maximum atomic E-state index is 11.5. The Hall–Kier alpha value is -0.860. The Kier molecular flexibility index (Phi) is 6.25. The third-order valence-electron chi connectivity index (χ3n) is 5.41. The van der Waals surface area contributed by atoms with Crippen LogP contribution in [0.1, 0.15) is 57.9 Å². The van der Waals surface area contributed by atoms with Crippen molar-refractivity contribution in [1.82, 2.24) is 0 Å². The molecule has 0 saturated heterocycles. The summed E-state index contributed by atoms with van der Waals surface area (Å²) in [6.07, 6.45) is 7.13. The first-order valence-electron chi connectivity index (χ1n) is 8.82. The van der Waals surface area contributed by atoms with E-state index in [-0.39, 0.29) is 0 Å². The molecule has 21 heavy (non-hydrogen) atoms. The van der Waals surface area contributed by atoms with Crippen LogP contribution in [0.4, 0.5) is 0 Å². The lowest BCUT2D eigenvalue weighted by molar-refractivity contribution is -0.897. The quantitative estimate of drug-likeness (QED) is 0.793. The molecule has 2 heteroatoms. The van der Waals surface area contributed by atoms with Gasteiger partial charge in [0, 0.05) is 6.42 Å². The summed E-state index contributed by atoms with van der Waals surface area (Å²) < 4.78 is 0. The third kappa shape index (κ3) is 4.08. The van der Waals surface area contributed by atoms with Crippen LogP contribution in [0.25, 0.3) is 0 Å². The van der Waals surface area contributed by atoms with E-state index >= 15 is 0 Å². The molecule has 0 aliphatic heterocycles. The van der Waals surface area contributed by atoms with Crippen LogP contribution in [0.3, 0.4) is 0 Å². The van der Waals surface area contributed by atoms with Gasteiger partial charge in [0.15, 0.2) is 0 Å². The molecule has 1 aromatic carbocycles. The van der Waals surface area contributed by atoms with Crippen LogP contribution in [-0.4, -0.2) is 24.7 Å². The summed E-state index contributed by atoms with van der Waals surface area (Å²) in [6, 6.07) is 10.4. The van der Waals surface area contributed by atoms with Gasteiger partial charge in [0.2, 0.25) is 0 Å². The summed E-state index contributed by atoms with van der Waals surface area (Å²) in [4.78, 5) is 1.58. The molecule has 1 fully saturated rings. The van der Waals surface area contributed by atoms with E-state index in [1.54, 1.807) is 4.90 Å². The minimum absolute atomic E-state index is 0.434. The van der Waals surface area contributed by atoms with E-state index in [1.807, 2.05) is 6.07 Å². The standard InChI is InChI=1S/C19H31NO/c1-3-20(4-2)16-15-19(21,17-11-7-5-8-12-17)18-13-9-6-10-14-18/h5,7-8,11-12,18,21H,3-4,6,9-10,13-16H2,1-2H3/p+1/t19-/m0/s1. The van der Waals surface area contributed by atoms with Gasteiger partial charge in [-0.1, -0.05) is 49.6 Å². The van der Waals surface area contributed by atoms with E-state index in [4.69, 9.17) is 0 Å². The molecule has 1 saturated carbocycles. The lowest BCUT2D eigenvalue weighted by Gasteiger charge is -2.39. The summed E-state index contributed by atoms with van der Waals surface area (Å²) >= 11 is 0. The SMILES string of the molecule is CC[NH+](CC)CC[C@](O)(c1ccccc1)C1CCCCC1. The highest BCUT2D eigenvalue weighted by molar-refractivity contribution is 5.23. The number of hydrogen-bond donors (Lipinski definition) is 2. The van der Waals surface area contributed by atoms with Crippen LogP contribution in [-0.2, 0) is 5.60 Å². The van der Waals surface area contributed by atoms with Gasteiger partial charge >= 0.3 is 0 Å². The predicted molar refractivity (Wildman–Crippen MR) is 88.4 cm³/mol. The maximum absolute atomic E-state index is 11.5. The van der Waals surface area contributed by atoms with Gasteiger partial charge in [-0.05, 0) is 38.2 Å². The Morgan fingerprint density at radius 3 is 2.24 bits per heavy atom. The topological polar surface area (TPSA) is 24.7 Å². The van der Waals surface area contributed by atoms with Crippen LogP contribution < -0.4 is 4.90 Å². The molecule has 1 aromatic rings. The zero-order chi connectivity index (χ0) is 15.1. The highest BCUT2D eigenvalue weighted by atomic mass is 16.3. The summed E-state index contributed by atoms with van der Waals surface area (Å²) in [5, 5.41) is 11.5. The first kappa shape index (κ1) is 16.5. The van der Waals surface area contributed by atoms with E-state index in [1.165, 1.54) is 32.1 Å². The fourth-order valence-corrected chi connectivity index (χ4v) is 3.86. The molecule has 0 heterocycles. The Balaban J connectivity index is 2.17. The summed E-state index contributed by atoms with van der Waals surface area (Å²) in [6.45, 7) is 7.83. The number of quaternary nitrogens is 1. The molecular formula is C19H32NO+. The Labute approximate surface area is 130 Å². The van der Waals surface area contributed by atoms with Crippen LogP contribution in [0.5, 0.6) is 0 Å². The lowest BCUT2D eigenvalue weighted by Crippen LogP contribution is -3.11. The van der Waals surface area contributed by atoms with Crippen molar-refractivity contribution in [2.24, 2.45) is 5.92 Å². The third-order valence-corrected chi connectivity index (χ3v) is 5.41. The Bertz CT molecular complexity index is 395.